The Morgan fingerprint density at radius 1 is 1.53 bits per heavy atom. The van der Waals surface area contributed by atoms with Crippen molar-refractivity contribution >= 4 is 5.91 Å². The first-order valence-corrected chi connectivity index (χ1v) is 5.24. The topological polar surface area (TPSA) is 64.3 Å². The monoisotopic (exact) mass is 240 g/mol. The first-order valence-electron chi connectivity index (χ1n) is 5.24. The van der Waals surface area contributed by atoms with Crippen molar-refractivity contribution in [1.29, 1.82) is 0 Å². The van der Waals surface area contributed by atoms with E-state index >= 15 is 0 Å². The van der Waals surface area contributed by atoms with Gasteiger partial charge in [-0.2, -0.15) is 0 Å². The van der Waals surface area contributed by atoms with E-state index in [1.165, 1.54) is 19.2 Å². The number of nitrogens with one attached hydrogen (secondary N) is 1. The summed E-state index contributed by atoms with van der Waals surface area (Å²) < 4.78 is 18.1. The van der Waals surface area contributed by atoms with Crippen LogP contribution in [0, 0.1) is 5.82 Å². The van der Waals surface area contributed by atoms with Crippen LogP contribution < -0.4 is 15.8 Å². The second-order valence-electron chi connectivity index (χ2n) is 4.52. The molecule has 3 N–H and O–H groups in total. The number of benzene rings is 1. The Balaban J connectivity index is 2.84. The van der Waals surface area contributed by atoms with Crippen LogP contribution >= 0.6 is 0 Å². The van der Waals surface area contributed by atoms with Gasteiger partial charge in [-0.3, -0.25) is 4.79 Å². The molecule has 0 unspecified atom stereocenters. The zero-order valence-corrected chi connectivity index (χ0v) is 10.2. The second-order valence-corrected chi connectivity index (χ2v) is 4.52. The van der Waals surface area contributed by atoms with Crippen LogP contribution in [0.3, 0.4) is 0 Å². The quantitative estimate of drug-likeness (QED) is 0.833. The highest BCUT2D eigenvalue weighted by Gasteiger charge is 2.16. The summed E-state index contributed by atoms with van der Waals surface area (Å²) in [6, 6.07) is 3.79. The molecule has 1 amide bonds. The van der Waals surface area contributed by atoms with Gasteiger partial charge in [0, 0.05) is 12.1 Å². The Labute approximate surface area is 100.0 Å². The Morgan fingerprint density at radius 3 is 2.71 bits per heavy atom. The highest BCUT2D eigenvalue weighted by atomic mass is 19.1. The molecule has 0 spiro atoms. The largest absolute Gasteiger partial charge is 0.496 e. The van der Waals surface area contributed by atoms with Crippen molar-refractivity contribution in [1.82, 2.24) is 5.32 Å². The SMILES string of the molecule is COc1ccc(F)cc1C(=O)NCC(C)(C)N. The molecule has 0 radical (unpaired) electrons. The van der Waals surface area contributed by atoms with E-state index in [0.717, 1.165) is 6.07 Å². The Morgan fingerprint density at radius 2 is 2.18 bits per heavy atom. The Kier molecular flexibility index (Phi) is 4.07. The van der Waals surface area contributed by atoms with Gasteiger partial charge in [-0.15, -0.1) is 0 Å². The minimum Gasteiger partial charge on any atom is -0.496 e. The van der Waals surface area contributed by atoms with Gasteiger partial charge in [-0.25, -0.2) is 4.39 Å². The molecule has 0 saturated heterocycles. The summed E-state index contributed by atoms with van der Waals surface area (Å²) in [5, 5.41) is 2.63. The van der Waals surface area contributed by atoms with Crippen molar-refractivity contribution in [3.05, 3.63) is 29.6 Å². The zero-order chi connectivity index (χ0) is 13.1. The molecular weight excluding hydrogens is 223 g/mol. The molecule has 0 aliphatic heterocycles. The summed E-state index contributed by atoms with van der Waals surface area (Å²) in [6.45, 7) is 3.87. The minimum absolute atomic E-state index is 0.164. The third-order valence-electron chi connectivity index (χ3n) is 2.11. The molecule has 0 bridgehead atoms. The number of ether oxygens (including phenoxy) is 1. The van der Waals surface area contributed by atoms with E-state index < -0.39 is 17.3 Å². The predicted octanol–water partition coefficient (Wildman–Crippen LogP) is 1.30. The molecule has 1 aromatic carbocycles. The van der Waals surface area contributed by atoms with Crippen molar-refractivity contribution in [3.63, 3.8) is 0 Å². The molecule has 94 valence electrons. The molecule has 1 rings (SSSR count). The van der Waals surface area contributed by atoms with Crippen molar-refractivity contribution in [2.45, 2.75) is 19.4 Å². The lowest BCUT2D eigenvalue weighted by atomic mass is 10.1. The molecule has 0 aromatic heterocycles. The van der Waals surface area contributed by atoms with Crippen LogP contribution in [0.1, 0.15) is 24.2 Å². The van der Waals surface area contributed by atoms with Crippen LogP contribution in [-0.2, 0) is 0 Å². The number of rotatable bonds is 4. The number of hydrogen-bond donors (Lipinski definition) is 2. The maximum atomic E-state index is 13.1. The fourth-order valence-electron chi connectivity index (χ4n) is 1.26. The summed E-state index contributed by atoms with van der Waals surface area (Å²) in [5.41, 5.74) is 5.39. The van der Waals surface area contributed by atoms with Crippen LogP contribution in [0.4, 0.5) is 4.39 Å². The van der Waals surface area contributed by atoms with Crippen LogP contribution in [0.2, 0.25) is 0 Å². The number of methoxy groups -OCH3 is 1. The van der Waals surface area contributed by atoms with Gasteiger partial charge in [-0.1, -0.05) is 0 Å². The van der Waals surface area contributed by atoms with E-state index in [0.29, 0.717) is 12.3 Å². The molecule has 0 heterocycles. The van der Waals surface area contributed by atoms with Gasteiger partial charge in [0.1, 0.15) is 11.6 Å². The number of nitrogens with two attached hydrogens (primary N) is 1. The smallest absolute Gasteiger partial charge is 0.255 e. The molecule has 4 nitrogen and oxygen atoms in total. The number of amides is 1. The average molecular weight is 240 g/mol. The van der Waals surface area contributed by atoms with Gasteiger partial charge in [-0.05, 0) is 32.0 Å². The van der Waals surface area contributed by atoms with E-state index in [9.17, 15) is 9.18 Å². The summed E-state index contributed by atoms with van der Waals surface area (Å²) in [4.78, 5) is 11.8. The van der Waals surface area contributed by atoms with E-state index in [-0.39, 0.29) is 5.56 Å². The van der Waals surface area contributed by atoms with Gasteiger partial charge in [0.15, 0.2) is 0 Å². The van der Waals surface area contributed by atoms with Crippen LogP contribution in [0.5, 0.6) is 5.75 Å². The van der Waals surface area contributed by atoms with Crippen LogP contribution in [0.25, 0.3) is 0 Å². The standard InChI is InChI=1S/C12H17FN2O2/c1-12(2,14)7-15-11(16)9-6-8(13)4-5-10(9)17-3/h4-6H,7,14H2,1-3H3,(H,15,16). The predicted molar refractivity (Wildman–Crippen MR) is 63.6 cm³/mol. The molecule has 0 atom stereocenters. The van der Waals surface area contributed by atoms with Gasteiger partial charge < -0.3 is 15.8 Å². The summed E-state index contributed by atoms with van der Waals surface area (Å²) >= 11 is 0. The van der Waals surface area contributed by atoms with E-state index in [2.05, 4.69) is 5.32 Å². The molecule has 0 aliphatic rings. The minimum atomic E-state index is -0.518. The van der Waals surface area contributed by atoms with E-state index in [1.54, 1.807) is 13.8 Å². The van der Waals surface area contributed by atoms with Crippen molar-refractivity contribution in [2.24, 2.45) is 5.73 Å². The number of carbonyl (C=O) groups is 1. The highest BCUT2D eigenvalue weighted by molar-refractivity contribution is 5.96. The number of carbonyl (C=O) groups excluding carboxylic acids is 1. The third kappa shape index (κ3) is 4.03. The molecule has 0 saturated carbocycles. The van der Waals surface area contributed by atoms with Gasteiger partial charge in [0.25, 0.3) is 5.91 Å². The fraction of sp³-hybridized carbons (Fsp3) is 0.417. The lowest BCUT2D eigenvalue weighted by Crippen LogP contribution is -2.45. The Hall–Kier alpha value is -1.62. The molecule has 5 heteroatoms. The van der Waals surface area contributed by atoms with Gasteiger partial charge in [0.05, 0.1) is 12.7 Å². The first kappa shape index (κ1) is 13.4. The van der Waals surface area contributed by atoms with Crippen LogP contribution in [-0.4, -0.2) is 25.1 Å². The van der Waals surface area contributed by atoms with Gasteiger partial charge >= 0.3 is 0 Å². The van der Waals surface area contributed by atoms with Gasteiger partial charge in [0.2, 0.25) is 0 Å². The third-order valence-corrected chi connectivity index (χ3v) is 2.11. The average Bonchev–Trinajstić information content (AvgIpc) is 2.25. The van der Waals surface area contributed by atoms with Crippen molar-refractivity contribution in [3.8, 4) is 5.75 Å². The van der Waals surface area contributed by atoms with Crippen LogP contribution in [0.15, 0.2) is 18.2 Å². The molecule has 17 heavy (non-hydrogen) atoms. The number of hydrogen-bond acceptors (Lipinski definition) is 3. The second kappa shape index (κ2) is 5.14. The van der Waals surface area contributed by atoms with E-state index in [1.807, 2.05) is 0 Å². The summed E-state index contributed by atoms with van der Waals surface area (Å²) in [5.74, 6) is -0.554. The molecular formula is C12H17FN2O2. The summed E-state index contributed by atoms with van der Waals surface area (Å²) in [7, 11) is 1.43. The maximum absolute atomic E-state index is 13.1. The summed E-state index contributed by atoms with van der Waals surface area (Å²) in [6.07, 6.45) is 0. The maximum Gasteiger partial charge on any atom is 0.255 e. The lowest BCUT2D eigenvalue weighted by molar-refractivity contribution is 0.0942. The number of halogens is 1. The zero-order valence-electron chi connectivity index (χ0n) is 10.2. The highest BCUT2D eigenvalue weighted by Crippen LogP contribution is 2.19. The van der Waals surface area contributed by atoms with Crippen molar-refractivity contribution < 1.29 is 13.9 Å². The van der Waals surface area contributed by atoms with Crippen molar-refractivity contribution in [2.75, 3.05) is 13.7 Å². The molecule has 0 fully saturated rings. The molecule has 1 aromatic rings. The fourth-order valence-corrected chi connectivity index (χ4v) is 1.26. The Bertz CT molecular complexity index is 413. The first-order chi connectivity index (χ1) is 7.83. The normalized spacial score (nSPS) is 11.1. The lowest BCUT2D eigenvalue weighted by Gasteiger charge is -2.19. The van der Waals surface area contributed by atoms with E-state index in [4.69, 9.17) is 10.5 Å². The molecule has 0 aliphatic carbocycles.